The van der Waals surface area contributed by atoms with Crippen LogP contribution in [0.25, 0.3) is 16.6 Å². The van der Waals surface area contributed by atoms with Gasteiger partial charge in [-0.15, -0.1) is 0 Å². The van der Waals surface area contributed by atoms with E-state index >= 15 is 4.39 Å². The fourth-order valence-electron chi connectivity index (χ4n) is 5.62. The fraction of sp³-hybridized carbons (Fsp3) is 0.200. The predicted octanol–water partition coefficient (Wildman–Crippen LogP) is 6.37. The number of para-hydroxylation sites is 1. The maximum Gasteiger partial charge on any atom is 0.323 e. The summed E-state index contributed by atoms with van der Waals surface area (Å²) in [5.74, 6) is -2.42. The maximum absolute atomic E-state index is 15.2. The van der Waals surface area contributed by atoms with E-state index in [1.54, 1.807) is 87.7 Å². The molecule has 0 aliphatic heterocycles. The second-order valence-corrected chi connectivity index (χ2v) is 14.6. The maximum atomic E-state index is 15.2. The first kappa shape index (κ1) is 40.8. The highest BCUT2D eigenvalue weighted by molar-refractivity contribution is 7.85. The minimum atomic E-state index is -4.02. The van der Waals surface area contributed by atoms with Crippen LogP contribution < -0.4 is 26.1 Å². The quantitative estimate of drug-likeness (QED) is 0.106. The van der Waals surface area contributed by atoms with Gasteiger partial charge in [0.2, 0.25) is 0 Å². The highest BCUT2D eigenvalue weighted by atomic mass is 32.2. The van der Waals surface area contributed by atoms with Gasteiger partial charge in [0.25, 0.3) is 21.6 Å². The van der Waals surface area contributed by atoms with Gasteiger partial charge >= 0.3 is 5.97 Å². The lowest BCUT2D eigenvalue weighted by Gasteiger charge is -2.28. The van der Waals surface area contributed by atoms with Crippen molar-refractivity contribution in [2.75, 3.05) is 12.4 Å². The van der Waals surface area contributed by atoms with Crippen LogP contribution in [0.4, 0.5) is 10.1 Å². The van der Waals surface area contributed by atoms with Crippen LogP contribution in [0.15, 0.2) is 113 Å². The number of nitrogens with two attached hydrogens (primary N) is 1. The highest BCUT2D eigenvalue weighted by Gasteiger charge is 2.36. The number of carboxylic acids is 1. The molecule has 56 heavy (non-hydrogen) atoms. The van der Waals surface area contributed by atoms with E-state index < -0.39 is 44.8 Å². The standard InChI is InChI=1S/C33H32FN5O6.C7H8O3S/c1-19(33(3,35)32(42)43)18-38-20(2)29(31(41)39(38)22-8-6-5-7-9-22)30(40)37-21-10-13-28(25(34)16-21)45-27-14-15-36-26-17-23(44-4)11-12-24(26)27;1-6-2-4-7(5-3-6)11(8,9)10/h5-17,19H,18,35H2,1-4H3,(H,37,40)(H,42,43);2-5H,1H3,(H,8,9,10)/t19-,33+;/m1./s1. The van der Waals surface area contributed by atoms with Gasteiger partial charge in [0, 0.05) is 41.9 Å². The number of hydrogen-bond donors (Lipinski definition) is 4. The number of fused-ring (bicyclic) bond motifs is 1. The summed E-state index contributed by atoms with van der Waals surface area (Å²) in [5.41, 5.74) is 6.09. The van der Waals surface area contributed by atoms with Crippen LogP contribution in [0.3, 0.4) is 0 Å². The number of aromatic nitrogens is 3. The molecule has 6 rings (SSSR count). The van der Waals surface area contributed by atoms with Gasteiger partial charge in [-0.2, -0.15) is 8.42 Å². The molecule has 0 unspecified atom stereocenters. The van der Waals surface area contributed by atoms with Crippen molar-refractivity contribution in [1.82, 2.24) is 14.3 Å². The number of aliphatic carboxylic acids is 1. The summed E-state index contributed by atoms with van der Waals surface area (Å²) in [6.45, 7) is 6.51. The number of methoxy groups -OCH3 is 1. The summed E-state index contributed by atoms with van der Waals surface area (Å²) in [5, 5.41) is 12.9. The zero-order valence-electron chi connectivity index (χ0n) is 31.1. The van der Waals surface area contributed by atoms with Gasteiger partial charge in [-0.1, -0.05) is 42.8 Å². The van der Waals surface area contributed by atoms with Crippen LogP contribution in [0.1, 0.15) is 35.5 Å². The third-order valence-electron chi connectivity index (χ3n) is 9.19. The van der Waals surface area contributed by atoms with E-state index in [4.69, 9.17) is 19.8 Å². The number of anilines is 1. The Kier molecular flexibility index (Phi) is 12.1. The van der Waals surface area contributed by atoms with Gasteiger partial charge in [-0.05, 0) is 75.4 Å². The summed E-state index contributed by atoms with van der Waals surface area (Å²) in [6, 6.07) is 25.4. The number of amides is 1. The number of halogens is 1. The van der Waals surface area contributed by atoms with Crippen molar-refractivity contribution in [2.45, 2.75) is 44.7 Å². The van der Waals surface area contributed by atoms with Crippen LogP contribution >= 0.6 is 0 Å². The Labute approximate surface area is 321 Å². The molecular formula is C40H40FN5O9S. The number of pyridine rings is 1. The Morgan fingerprint density at radius 2 is 1.66 bits per heavy atom. The smallest absolute Gasteiger partial charge is 0.323 e. The molecule has 0 spiro atoms. The van der Waals surface area contributed by atoms with Crippen molar-refractivity contribution in [3.63, 3.8) is 0 Å². The van der Waals surface area contributed by atoms with Crippen molar-refractivity contribution in [1.29, 1.82) is 0 Å². The van der Waals surface area contributed by atoms with Crippen molar-refractivity contribution in [2.24, 2.45) is 11.7 Å². The largest absolute Gasteiger partial charge is 0.497 e. The molecule has 2 heterocycles. The predicted molar refractivity (Wildman–Crippen MR) is 208 cm³/mol. The molecular weight excluding hydrogens is 746 g/mol. The van der Waals surface area contributed by atoms with Crippen LogP contribution in [0.5, 0.6) is 17.2 Å². The van der Waals surface area contributed by atoms with E-state index in [1.165, 1.54) is 46.7 Å². The van der Waals surface area contributed by atoms with Gasteiger partial charge in [-0.25, -0.2) is 9.07 Å². The summed E-state index contributed by atoms with van der Waals surface area (Å²) in [6.07, 6.45) is 1.54. The topological polar surface area (TPSA) is 205 Å². The van der Waals surface area contributed by atoms with Crippen molar-refractivity contribution in [3.8, 4) is 22.9 Å². The van der Waals surface area contributed by atoms with E-state index in [1.807, 2.05) is 6.92 Å². The lowest BCUT2D eigenvalue weighted by Crippen LogP contribution is -2.52. The molecule has 0 aliphatic carbocycles. The second-order valence-electron chi connectivity index (χ2n) is 13.2. The molecule has 292 valence electrons. The normalized spacial score (nSPS) is 12.9. The van der Waals surface area contributed by atoms with E-state index in [9.17, 15) is 27.9 Å². The molecule has 6 aromatic rings. The molecule has 0 bridgehead atoms. The lowest BCUT2D eigenvalue weighted by molar-refractivity contribution is -0.144. The van der Waals surface area contributed by atoms with Gasteiger partial charge < -0.3 is 25.6 Å². The summed E-state index contributed by atoms with van der Waals surface area (Å²) in [4.78, 5) is 43.2. The molecule has 14 nitrogen and oxygen atoms in total. The van der Waals surface area contributed by atoms with Gasteiger partial charge in [0.1, 0.15) is 22.6 Å². The average molecular weight is 786 g/mol. The third kappa shape index (κ3) is 8.94. The summed E-state index contributed by atoms with van der Waals surface area (Å²) < 4.78 is 58.7. The van der Waals surface area contributed by atoms with E-state index in [0.29, 0.717) is 28.1 Å². The Balaban J connectivity index is 0.000000470. The van der Waals surface area contributed by atoms with Crippen LogP contribution in [0.2, 0.25) is 0 Å². The number of nitrogens with one attached hydrogen (secondary N) is 1. The third-order valence-corrected chi connectivity index (χ3v) is 10.1. The van der Waals surface area contributed by atoms with Crippen molar-refractivity contribution >= 4 is 38.6 Å². The number of ether oxygens (including phenoxy) is 2. The fourth-order valence-corrected chi connectivity index (χ4v) is 6.10. The average Bonchev–Trinajstić information content (AvgIpc) is 3.40. The zero-order chi connectivity index (χ0) is 40.9. The van der Waals surface area contributed by atoms with E-state index in [2.05, 4.69) is 10.3 Å². The number of aryl methyl sites for hydroxylation is 1. The Hall–Kier alpha value is -6.36. The van der Waals surface area contributed by atoms with Crippen LogP contribution in [-0.4, -0.2) is 56.9 Å². The van der Waals surface area contributed by atoms with Gasteiger partial charge in [0.15, 0.2) is 11.6 Å². The number of carboxylic acid groups (broad SMARTS) is 1. The Bertz CT molecular complexity index is 2570. The SMILES string of the molecule is COc1ccc2c(Oc3ccc(NC(=O)c4c(C)n(C[C@@H](C)[C@](C)(N)C(=O)O)n(-c5ccccc5)c4=O)cc3F)ccnc2c1.Cc1ccc(S(=O)(=O)O)cc1. The molecule has 2 aromatic heterocycles. The molecule has 2 atom stereocenters. The second kappa shape index (κ2) is 16.6. The molecule has 0 radical (unpaired) electrons. The molecule has 0 saturated carbocycles. The number of nitrogens with zero attached hydrogens (tertiary/aromatic N) is 3. The minimum absolute atomic E-state index is 0.0275. The minimum Gasteiger partial charge on any atom is -0.497 e. The molecule has 4 aromatic carbocycles. The molecule has 0 fully saturated rings. The molecule has 0 saturated heterocycles. The first-order valence-corrected chi connectivity index (χ1v) is 18.5. The first-order valence-electron chi connectivity index (χ1n) is 17.1. The summed E-state index contributed by atoms with van der Waals surface area (Å²) in [7, 11) is -2.47. The van der Waals surface area contributed by atoms with Crippen molar-refractivity contribution in [3.05, 3.63) is 136 Å². The highest BCUT2D eigenvalue weighted by Crippen LogP contribution is 2.33. The lowest BCUT2D eigenvalue weighted by atomic mass is 9.88. The molecule has 5 N–H and O–H groups in total. The van der Waals surface area contributed by atoms with Gasteiger partial charge in [-0.3, -0.25) is 28.6 Å². The summed E-state index contributed by atoms with van der Waals surface area (Å²) >= 11 is 0. The number of benzene rings is 4. The zero-order valence-corrected chi connectivity index (χ0v) is 31.9. The van der Waals surface area contributed by atoms with Gasteiger partial charge in [0.05, 0.1) is 28.9 Å². The molecule has 0 aliphatic rings. The Morgan fingerprint density at radius 3 is 2.27 bits per heavy atom. The molecule has 1 amide bonds. The molecule has 16 heteroatoms. The van der Waals surface area contributed by atoms with E-state index in [-0.39, 0.29) is 34.1 Å². The number of carbonyl (C=O) groups is 2. The first-order chi connectivity index (χ1) is 26.4. The monoisotopic (exact) mass is 785 g/mol. The number of carbonyl (C=O) groups excluding carboxylic acids is 1. The van der Waals surface area contributed by atoms with Crippen molar-refractivity contribution < 1.29 is 41.5 Å². The van der Waals surface area contributed by atoms with Crippen LogP contribution in [-0.2, 0) is 21.5 Å². The van der Waals surface area contributed by atoms with E-state index in [0.717, 1.165) is 11.6 Å². The number of rotatable bonds is 11. The number of hydrogen-bond acceptors (Lipinski definition) is 9. The van der Waals surface area contributed by atoms with Crippen LogP contribution in [0, 0.1) is 25.6 Å². The Morgan fingerprint density at radius 1 is 0.982 bits per heavy atom.